The molecule has 1 aromatic rings. The summed E-state index contributed by atoms with van der Waals surface area (Å²) in [5.74, 6) is -2.49. The molecule has 3 atom stereocenters. The fourth-order valence-corrected chi connectivity index (χ4v) is 3.29. The first-order chi connectivity index (χ1) is 15.0. The molecule has 0 heterocycles. The number of thioether (sulfide) groups is 1. The third-order valence-corrected chi connectivity index (χ3v) is 5.28. The Bertz CT molecular complexity index is 787. The Balaban J connectivity index is 2.82. The van der Waals surface area contributed by atoms with Crippen molar-refractivity contribution in [1.29, 1.82) is 0 Å². The summed E-state index contributed by atoms with van der Waals surface area (Å²) in [4.78, 5) is 48.5. The molecule has 178 valence electrons. The Labute approximate surface area is 191 Å². The molecule has 32 heavy (non-hydrogen) atoms. The first-order valence-corrected chi connectivity index (χ1v) is 11.6. The van der Waals surface area contributed by atoms with Gasteiger partial charge in [0.2, 0.25) is 17.7 Å². The maximum atomic E-state index is 12.9. The van der Waals surface area contributed by atoms with E-state index in [4.69, 9.17) is 10.8 Å². The lowest BCUT2D eigenvalue weighted by molar-refractivity contribution is -0.139. The molecule has 1 rings (SSSR count). The van der Waals surface area contributed by atoms with E-state index in [1.165, 1.54) is 23.9 Å². The number of benzene rings is 1. The lowest BCUT2D eigenvalue weighted by Crippen LogP contribution is -2.57. The Morgan fingerprint density at radius 3 is 2.19 bits per heavy atom. The summed E-state index contributed by atoms with van der Waals surface area (Å²) in [6.45, 7) is 2.87. The van der Waals surface area contributed by atoms with Gasteiger partial charge in [0, 0.05) is 0 Å². The molecule has 0 aliphatic heterocycles. The lowest BCUT2D eigenvalue weighted by Gasteiger charge is -2.26. The number of aromatic hydroxyl groups is 1. The third kappa shape index (κ3) is 9.56. The monoisotopic (exact) mass is 468 g/mol. The molecular weight excluding hydrogens is 436 g/mol. The highest BCUT2D eigenvalue weighted by Gasteiger charge is 2.29. The van der Waals surface area contributed by atoms with Gasteiger partial charge in [0.05, 0.1) is 6.04 Å². The first-order valence-electron chi connectivity index (χ1n) is 10.2. The molecule has 0 saturated heterocycles. The highest BCUT2D eigenvalue weighted by Crippen LogP contribution is 2.11. The van der Waals surface area contributed by atoms with Gasteiger partial charge in [-0.25, -0.2) is 0 Å². The van der Waals surface area contributed by atoms with Gasteiger partial charge in [-0.05, 0) is 48.5 Å². The molecule has 0 aliphatic carbocycles. The Morgan fingerprint density at radius 2 is 1.66 bits per heavy atom. The quantitative estimate of drug-likeness (QED) is 0.232. The number of phenols is 1. The number of hydrogen-bond acceptors (Lipinski definition) is 7. The van der Waals surface area contributed by atoms with Crippen LogP contribution in [0.2, 0.25) is 0 Å². The second-order valence-electron chi connectivity index (χ2n) is 7.66. The second kappa shape index (κ2) is 13.6. The summed E-state index contributed by atoms with van der Waals surface area (Å²) in [7, 11) is 0. The molecule has 0 bridgehead atoms. The number of carboxylic acids is 1. The Kier molecular flexibility index (Phi) is 11.6. The fraction of sp³-hybridized carbons (Fsp3) is 0.524. The van der Waals surface area contributed by atoms with Gasteiger partial charge in [0.15, 0.2) is 0 Å². The SMILES string of the molecule is CSCCC(NC(=O)C(N)Cc1ccc(O)cc1)C(=O)NC(C(=O)NCC(=O)O)C(C)C. The molecule has 7 N–H and O–H groups in total. The summed E-state index contributed by atoms with van der Waals surface area (Å²) in [5, 5.41) is 25.6. The van der Waals surface area contributed by atoms with Crippen molar-refractivity contribution < 1.29 is 29.4 Å². The highest BCUT2D eigenvalue weighted by atomic mass is 32.2. The van der Waals surface area contributed by atoms with Crippen molar-refractivity contribution in [2.75, 3.05) is 18.6 Å². The summed E-state index contributed by atoms with van der Waals surface area (Å²) >= 11 is 1.50. The maximum Gasteiger partial charge on any atom is 0.322 e. The predicted octanol–water partition coefficient (Wildman–Crippen LogP) is -0.158. The van der Waals surface area contributed by atoms with Crippen LogP contribution in [0.25, 0.3) is 0 Å². The normalized spacial score (nSPS) is 13.7. The largest absolute Gasteiger partial charge is 0.508 e. The number of amides is 3. The van der Waals surface area contributed by atoms with E-state index in [9.17, 15) is 24.3 Å². The van der Waals surface area contributed by atoms with E-state index < -0.39 is 48.4 Å². The summed E-state index contributed by atoms with van der Waals surface area (Å²) in [6, 6.07) is 3.53. The van der Waals surface area contributed by atoms with Gasteiger partial charge in [-0.2, -0.15) is 11.8 Å². The average molecular weight is 469 g/mol. The van der Waals surface area contributed by atoms with E-state index in [0.717, 1.165) is 5.56 Å². The van der Waals surface area contributed by atoms with Crippen LogP contribution in [0, 0.1) is 5.92 Å². The minimum Gasteiger partial charge on any atom is -0.508 e. The lowest BCUT2D eigenvalue weighted by atomic mass is 10.0. The van der Waals surface area contributed by atoms with Crippen molar-refractivity contribution in [2.24, 2.45) is 11.7 Å². The van der Waals surface area contributed by atoms with E-state index in [2.05, 4.69) is 16.0 Å². The van der Waals surface area contributed by atoms with Crippen LogP contribution >= 0.6 is 11.8 Å². The van der Waals surface area contributed by atoms with Crippen LogP contribution in [-0.2, 0) is 25.6 Å². The number of carbonyl (C=O) groups excluding carboxylic acids is 3. The smallest absolute Gasteiger partial charge is 0.322 e. The minimum absolute atomic E-state index is 0.104. The van der Waals surface area contributed by atoms with E-state index in [-0.39, 0.29) is 18.1 Å². The van der Waals surface area contributed by atoms with Crippen LogP contribution in [0.4, 0.5) is 0 Å². The summed E-state index contributed by atoms with van der Waals surface area (Å²) in [6.07, 6.45) is 2.41. The van der Waals surface area contributed by atoms with Crippen molar-refractivity contribution >= 4 is 35.5 Å². The third-order valence-electron chi connectivity index (χ3n) is 4.63. The molecule has 3 unspecified atom stereocenters. The minimum atomic E-state index is -1.19. The van der Waals surface area contributed by atoms with Gasteiger partial charge in [-0.3, -0.25) is 19.2 Å². The predicted molar refractivity (Wildman–Crippen MR) is 122 cm³/mol. The zero-order valence-corrected chi connectivity index (χ0v) is 19.3. The molecule has 3 amide bonds. The number of carboxylic acid groups (broad SMARTS) is 1. The molecule has 0 radical (unpaired) electrons. The van der Waals surface area contributed by atoms with Gasteiger partial charge in [-0.1, -0.05) is 26.0 Å². The standard InChI is InChI=1S/C21H32N4O6S/c1-12(2)18(21(31)23-11-17(27)28)25-20(30)16(8-9-32-3)24-19(29)15(22)10-13-4-6-14(26)7-5-13/h4-7,12,15-16,18,26H,8-11,22H2,1-3H3,(H,23,31)(H,24,29)(H,25,30)(H,27,28). The van der Waals surface area contributed by atoms with Crippen molar-refractivity contribution in [3.05, 3.63) is 29.8 Å². The molecule has 0 spiro atoms. The van der Waals surface area contributed by atoms with Crippen molar-refractivity contribution in [3.8, 4) is 5.75 Å². The second-order valence-corrected chi connectivity index (χ2v) is 8.65. The van der Waals surface area contributed by atoms with E-state index >= 15 is 0 Å². The van der Waals surface area contributed by atoms with Crippen LogP contribution < -0.4 is 21.7 Å². The van der Waals surface area contributed by atoms with Crippen LogP contribution in [0.3, 0.4) is 0 Å². The van der Waals surface area contributed by atoms with E-state index in [0.29, 0.717) is 12.2 Å². The number of nitrogens with one attached hydrogen (secondary N) is 3. The van der Waals surface area contributed by atoms with Crippen molar-refractivity contribution in [2.45, 2.75) is 44.8 Å². The van der Waals surface area contributed by atoms with Crippen LogP contribution in [-0.4, -0.2) is 70.6 Å². The van der Waals surface area contributed by atoms with Gasteiger partial charge < -0.3 is 31.9 Å². The topological polar surface area (TPSA) is 171 Å². The molecule has 0 saturated carbocycles. The zero-order chi connectivity index (χ0) is 24.3. The van der Waals surface area contributed by atoms with Gasteiger partial charge in [-0.15, -0.1) is 0 Å². The van der Waals surface area contributed by atoms with Crippen molar-refractivity contribution in [1.82, 2.24) is 16.0 Å². The number of aliphatic carboxylic acids is 1. The fourth-order valence-electron chi connectivity index (χ4n) is 2.82. The molecule has 0 aromatic heterocycles. The van der Waals surface area contributed by atoms with Crippen LogP contribution in [0.1, 0.15) is 25.8 Å². The number of hydrogen-bond donors (Lipinski definition) is 6. The van der Waals surface area contributed by atoms with Gasteiger partial charge in [0.25, 0.3) is 0 Å². The van der Waals surface area contributed by atoms with Gasteiger partial charge >= 0.3 is 5.97 Å². The van der Waals surface area contributed by atoms with Gasteiger partial charge in [0.1, 0.15) is 24.4 Å². The summed E-state index contributed by atoms with van der Waals surface area (Å²) < 4.78 is 0. The number of rotatable bonds is 13. The zero-order valence-electron chi connectivity index (χ0n) is 18.5. The number of nitrogens with two attached hydrogens (primary N) is 1. The maximum absolute atomic E-state index is 12.9. The number of phenolic OH excluding ortho intramolecular Hbond substituents is 1. The van der Waals surface area contributed by atoms with Crippen molar-refractivity contribution in [3.63, 3.8) is 0 Å². The van der Waals surface area contributed by atoms with Crippen LogP contribution in [0.5, 0.6) is 5.75 Å². The first kappa shape index (κ1) is 27.2. The molecule has 1 aromatic carbocycles. The van der Waals surface area contributed by atoms with E-state index in [1.54, 1.807) is 26.0 Å². The molecular formula is C21H32N4O6S. The molecule has 0 fully saturated rings. The molecule has 11 heteroatoms. The Morgan fingerprint density at radius 1 is 1.03 bits per heavy atom. The van der Waals surface area contributed by atoms with E-state index in [1.807, 2.05) is 6.26 Å². The molecule has 0 aliphatic rings. The average Bonchev–Trinajstić information content (AvgIpc) is 2.74. The summed E-state index contributed by atoms with van der Waals surface area (Å²) in [5.41, 5.74) is 6.75. The molecule has 10 nitrogen and oxygen atoms in total. The van der Waals surface area contributed by atoms with Crippen LogP contribution in [0.15, 0.2) is 24.3 Å². The number of carbonyl (C=O) groups is 4. The highest BCUT2D eigenvalue weighted by molar-refractivity contribution is 7.98. The Hall–Kier alpha value is -2.79.